The summed E-state index contributed by atoms with van der Waals surface area (Å²) < 4.78 is 60.6. The van der Waals surface area contributed by atoms with E-state index in [9.17, 15) is 22.4 Å². The minimum absolute atomic E-state index is 0.00867. The molecule has 1 saturated heterocycles. The van der Waals surface area contributed by atoms with Crippen LogP contribution in [-0.2, 0) is 13.0 Å². The van der Waals surface area contributed by atoms with Gasteiger partial charge in [0.15, 0.2) is 11.5 Å². The summed E-state index contributed by atoms with van der Waals surface area (Å²) in [5.41, 5.74) is 0.675. The van der Waals surface area contributed by atoms with Gasteiger partial charge in [-0.05, 0) is 42.4 Å². The Balaban J connectivity index is 1.38. The monoisotopic (exact) mass is 599 g/mol. The molecule has 1 aliphatic rings. The lowest BCUT2D eigenvalue weighted by molar-refractivity contribution is -0.0494. The second kappa shape index (κ2) is 11.7. The molecular weight excluding hydrogens is 574 g/mol. The number of likely N-dealkylation sites (tertiary alicyclic amines) is 1. The van der Waals surface area contributed by atoms with E-state index < -0.39 is 25.4 Å². The van der Waals surface area contributed by atoms with Gasteiger partial charge in [-0.3, -0.25) is 9.48 Å². The number of hydrogen-bond acceptors (Lipinski definition) is 9. The molecule has 13 nitrogen and oxygen atoms in total. The van der Waals surface area contributed by atoms with Crippen LogP contribution in [0.2, 0.25) is 0 Å². The molecule has 43 heavy (non-hydrogen) atoms. The molecule has 6 rings (SSSR count). The zero-order chi connectivity index (χ0) is 30.1. The van der Waals surface area contributed by atoms with Gasteiger partial charge in [-0.1, -0.05) is 6.07 Å². The molecule has 1 fully saturated rings. The highest BCUT2D eigenvalue weighted by Crippen LogP contribution is 2.36. The molecular formula is C26H25F4N11O2. The smallest absolute Gasteiger partial charge is 0.387 e. The Kier molecular flexibility index (Phi) is 7.71. The highest BCUT2D eigenvalue weighted by atomic mass is 19.3. The number of fused-ring (bicyclic) bond motifs is 1. The number of tetrazole rings is 1. The van der Waals surface area contributed by atoms with Gasteiger partial charge in [-0.25, -0.2) is 18.3 Å². The van der Waals surface area contributed by atoms with Crippen molar-refractivity contribution in [3.05, 3.63) is 66.0 Å². The van der Waals surface area contributed by atoms with Crippen LogP contribution in [0, 0.1) is 0 Å². The van der Waals surface area contributed by atoms with E-state index in [4.69, 9.17) is 4.74 Å². The molecule has 5 heterocycles. The number of likely N-dealkylation sites (N-methyl/N-ethyl adjacent to an activating group) is 1. The molecule has 224 valence electrons. The van der Waals surface area contributed by atoms with Gasteiger partial charge >= 0.3 is 6.61 Å². The standard InChI is InChI=1S/C26H25F4N11O2/c1-38-8-5-16(12-38)41-35-22(34-37-41)14-39-13-19(33-25(42)18-11-32-40-7-2-6-31-24(18)40)23(36-39)17-9-15(10-21(27)28)3-4-20(17)43-26(29)30/h2-4,6-7,9,11,13,16,21,26H,5,8,10,12,14H2,1H3,(H,33,42). The number of alkyl halides is 4. The van der Waals surface area contributed by atoms with Crippen LogP contribution in [0.25, 0.3) is 16.9 Å². The number of amides is 1. The van der Waals surface area contributed by atoms with E-state index >= 15 is 0 Å². The molecule has 5 aromatic rings. The second-order valence-electron chi connectivity index (χ2n) is 10.0. The number of aromatic nitrogens is 9. The molecule has 1 atom stereocenters. The van der Waals surface area contributed by atoms with Crippen LogP contribution in [-0.4, -0.2) is 88.6 Å². The maximum Gasteiger partial charge on any atom is 0.387 e. The number of rotatable bonds is 10. The fraction of sp³-hybridized carbons (Fsp3) is 0.346. The van der Waals surface area contributed by atoms with Crippen molar-refractivity contribution in [3.8, 4) is 17.0 Å². The van der Waals surface area contributed by atoms with Crippen LogP contribution in [0.4, 0.5) is 23.2 Å². The molecule has 1 unspecified atom stereocenters. The number of hydrogen-bond donors (Lipinski definition) is 1. The number of halogens is 4. The number of ether oxygens (including phenoxy) is 1. The first kappa shape index (κ1) is 28.2. The average Bonchev–Trinajstić information content (AvgIpc) is 3.76. The molecule has 0 spiro atoms. The third-order valence-corrected chi connectivity index (χ3v) is 6.91. The Bertz CT molecular complexity index is 1750. The number of carbonyl (C=O) groups excluding carboxylic acids is 1. The summed E-state index contributed by atoms with van der Waals surface area (Å²) >= 11 is 0. The first-order chi connectivity index (χ1) is 20.7. The summed E-state index contributed by atoms with van der Waals surface area (Å²) in [5, 5.41) is 24.1. The second-order valence-corrected chi connectivity index (χ2v) is 10.0. The van der Waals surface area contributed by atoms with Crippen molar-refractivity contribution in [2.24, 2.45) is 0 Å². The largest absolute Gasteiger partial charge is 0.434 e. The molecule has 1 amide bonds. The van der Waals surface area contributed by atoms with Gasteiger partial charge in [0.25, 0.3) is 5.91 Å². The highest BCUT2D eigenvalue weighted by Gasteiger charge is 2.25. The summed E-state index contributed by atoms with van der Waals surface area (Å²) in [5.74, 6) is -0.589. The fourth-order valence-electron chi connectivity index (χ4n) is 4.95. The van der Waals surface area contributed by atoms with Crippen LogP contribution in [0.5, 0.6) is 5.75 Å². The van der Waals surface area contributed by atoms with Crippen LogP contribution < -0.4 is 10.1 Å². The van der Waals surface area contributed by atoms with Crippen LogP contribution in [0.15, 0.2) is 49.1 Å². The zero-order valence-corrected chi connectivity index (χ0v) is 22.7. The van der Waals surface area contributed by atoms with E-state index in [-0.39, 0.29) is 52.1 Å². The number of anilines is 1. The summed E-state index contributed by atoms with van der Waals surface area (Å²) in [7, 11) is 2.00. The first-order valence-electron chi connectivity index (χ1n) is 13.2. The van der Waals surface area contributed by atoms with Crippen molar-refractivity contribution in [2.75, 3.05) is 25.5 Å². The van der Waals surface area contributed by atoms with E-state index in [2.05, 4.69) is 40.8 Å². The maximum atomic E-state index is 13.4. The Morgan fingerprint density at radius 2 is 2.07 bits per heavy atom. The molecule has 0 bridgehead atoms. The summed E-state index contributed by atoms with van der Waals surface area (Å²) in [6, 6.07) is 5.45. The minimum atomic E-state index is -3.20. The lowest BCUT2D eigenvalue weighted by Crippen LogP contribution is -2.18. The SMILES string of the molecule is CN1CCC(n2nnc(Cn3cc(NC(=O)c4cnn5cccnc45)c(-c4cc(CC(F)F)ccc4OC(F)F)n3)n2)C1. The van der Waals surface area contributed by atoms with Crippen LogP contribution in [0.1, 0.15) is 34.2 Å². The first-order valence-corrected chi connectivity index (χ1v) is 13.2. The Morgan fingerprint density at radius 1 is 1.21 bits per heavy atom. The average molecular weight is 600 g/mol. The van der Waals surface area contributed by atoms with Crippen molar-refractivity contribution in [2.45, 2.75) is 38.5 Å². The van der Waals surface area contributed by atoms with E-state index in [0.29, 0.717) is 5.82 Å². The van der Waals surface area contributed by atoms with Gasteiger partial charge in [-0.15, -0.1) is 10.2 Å². The van der Waals surface area contributed by atoms with E-state index in [0.717, 1.165) is 19.5 Å². The summed E-state index contributed by atoms with van der Waals surface area (Å²) in [6.45, 7) is -1.49. The maximum absolute atomic E-state index is 13.4. The predicted octanol–water partition coefficient (Wildman–Crippen LogP) is 3.17. The molecule has 4 aromatic heterocycles. The van der Waals surface area contributed by atoms with Crippen molar-refractivity contribution in [1.29, 1.82) is 0 Å². The Morgan fingerprint density at radius 3 is 2.84 bits per heavy atom. The van der Waals surface area contributed by atoms with Crippen molar-refractivity contribution < 1.29 is 27.1 Å². The normalized spacial score (nSPS) is 15.7. The van der Waals surface area contributed by atoms with Gasteiger partial charge in [0.1, 0.15) is 23.6 Å². The molecule has 0 saturated carbocycles. The highest BCUT2D eigenvalue weighted by molar-refractivity contribution is 6.09. The number of benzene rings is 1. The van der Waals surface area contributed by atoms with Crippen LogP contribution >= 0.6 is 0 Å². The number of nitrogens with zero attached hydrogens (tertiary/aromatic N) is 10. The molecule has 0 aliphatic carbocycles. The molecule has 1 aliphatic heterocycles. The van der Waals surface area contributed by atoms with E-state index in [1.807, 2.05) is 7.05 Å². The molecule has 1 N–H and O–H groups in total. The summed E-state index contributed by atoms with van der Waals surface area (Å²) in [4.78, 5) is 21.2. The van der Waals surface area contributed by atoms with Crippen molar-refractivity contribution in [1.82, 2.24) is 49.5 Å². The van der Waals surface area contributed by atoms with Gasteiger partial charge in [0.05, 0.1) is 17.9 Å². The molecule has 1 aromatic carbocycles. The molecule has 17 heteroatoms. The lowest BCUT2D eigenvalue weighted by Gasteiger charge is -2.13. The van der Waals surface area contributed by atoms with Crippen molar-refractivity contribution in [3.63, 3.8) is 0 Å². The quantitative estimate of drug-likeness (QED) is 0.240. The summed E-state index contributed by atoms with van der Waals surface area (Å²) in [6.07, 6.45) is 3.49. The fourth-order valence-corrected chi connectivity index (χ4v) is 4.95. The third kappa shape index (κ3) is 6.15. The topological polar surface area (TPSA) is 133 Å². The Labute approximate surface area is 241 Å². The number of carbonyl (C=O) groups is 1. The van der Waals surface area contributed by atoms with Crippen molar-refractivity contribution >= 4 is 17.2 Å². The van der Waals surface area contributed by atoms with Gasteiger partial charge in [-0.2, -0.15) is 23.8 Å². The van der Waals surface area contributed by atoms with Gasteiger partial charge < -0.3 is 15.0 Å². The van der Waals surface area contributed by atoms with Gasteiger partial charge in [0.2, 0.25) is 6.43 Å². The minimum Gasteiger partial charge on any atom is -0.434 e. The van der Waals surface area contributed by atoms with Gasteiger partial charge in [0, 0.05) is 43.7 Å². The zero-order valence-electron chi connectivity index (χ0n) is 22.7. The third-order valence-electron chi connectivity index (χ3n) is 6.91. The van der Waals surface area contributed by atoms with E-state index in [1.165, 1.54) is 46.0 Å². The van der Waals surface area contributed by atoms with Crippen LogP contribution in [0.3, 0.4) is 0 Å². The number of nitrogens with one attached hydrogen (secondary N) is 1. The van der Waals surface area contributed by atoms with E-state index in [1.54, 1.807) is 17.1 Å². The predicted molar refractivity (Wildman–Crippen MR) is 143 cm³/mol. The molecule has 0 radical (unpaired) electrons. The Hall–Kier alpha value is -4.93. The lowest BCUT2D eigenvalue weighted by atomic mass is 10.0.